The number of hydrogen-bond donors (Lipinski definition) is 1. The first kappa shape index (κ1) is 14.0. The summed E-state index contributed by atoms with van der Waals surface area (Å²) in [5, 5.41) is 3.07. The highest BCUT2D eigenvalue weighted by atomic mass is 79.9. The summed E-state index contributed by atoms with van der Waals surface area (Å²) in [5.41, 5.74) is 2.00. The van der Waals surface area contributed by atoms with Crippen molar-refractivity contribution in [2.45, 2.75) is 13.5 Å². The Kier molecular flexibility index (Phi) is 4.50. The number of aromatic nitrogens is 1. The second kappa shape index (κ2) is 6.12. The largest absolute Gasteiger partial charge is 0.439 e. The molecule has 5 heteroatoms. The second-order valence-electron chi connectivity index (χ2n) is 4.10. The van der Waals surface area contributed by atoms with Gasteiger partial charge in [-0.1, -0.05) is 6.07 Å². The summed E-state index contributed by atoms with van der Waals surface area (Å²) in [6, 6.07) is 8.34. The summed E-state index contributed by atoms with van der Waals surface area (Å²) in [6.45, 7) is 2.67. The van der Waals surface area contributed by atoms with Crippen LogP contribution in [0.1, 0.15) is 11.3 Å². The van der Waals surface area contributed by atoms with Crippen LogP contribution in [0.2, 0.25) is 0 Å². The second-order valence-corrected chi connectivity index (χ2v) is 4.96. The summed E-state index contributed by atoms with van der Waals surface area (Å²) >= 11 is 3.10. The summed E-state index contributed by atoms with van der Waals surface area (Å²) in [7, 11) is 1.88. The summed E-state index contributed by atoms with van der Waals surface area (Å²) < 4.78 is 19.3. The highest BCUT2D eigenvalue weighted by molar-refractivity contribution is 9.10. The van der Waals surface area contributed by atoms with Crippen LogP contribution < -0.4 is 10.1 Å². The van der Waals surface area contributed by atoms with E-state index in [2.05, 4.69) is 26.2 Å². The van der Waals surface area contributed by atoms with E-state index >= 15 is 0 Å². The number of nitrogens with zero attached hydrogens (tertiary/aromatic N) is 1. The molecule has 0 aliphatic heterocycles. The maximum absolute atomic E-state index is 13.4. The molecule has 1 aromatic carbocycles. The Balaban J connectivity index is 2.19. The van der Waals surface area contributed by atoms with Gasteiger partial charge in [0.25, 0.3) is 0 Å². The van der Waals surface area contributed by atoms with Crippen LogP contribution in [0.5, 0.6) is 11.6 Å². The molecule has 3 nitrogen and oxygen atoms in total. The van der Waals surface area contributed by atoms with Gasteiger partial charge in [-0.15, -0.1) is 0 Å². The van der Waals surface area contributed by atoms with Crippen LogP contribution >= 0.6 is 15.9 Å². The van der Waals surface area contributed by atoms with E-state index in [1.807, 2.05) is 20.0 Å². The molecule has 0 bridgehead atoms. The topological polar surface area (TPSA) is 34.1 Å². The molecule has 1 aromatic heterocycles. The van der Waals surface area contributed by atoms with E-state index in [1.165, 1.54) is 6.07 Å². The number of benzene rings is 1. The van der Waals surface area contributed by atoms with Gasteiger partial charge in [-0.2, -0.15) is 0 Å². The molecule has 2 aromatic rings. The molecule has 0 saturated heterocycles. The molecule has 19 heavy (non-hydrogen) atoms. The third-order valence-corrected chi connectivity index (χ3v) is 3.29. The van der Waals surface area contributed by atoms with E-state index in [9.17, 15) is 4.39 Å². The summed E-state index contributed by atoms with van der Waals surface area (Å²) in [6.07, 6.45) is 0. The zero-order valence-corrected chi connectivity index (χ0v) is 12.3. The van der Waals surface area contributed by atoms with E-state index in [0.717, 1.165) is 17.8 Å². The lowest BCUT2D eigenvalue weighted by Gasteiger charge is -2.09. The fourth-order valence-corrected chi connectivity index (χ4v) is 1.91. The van der Waals surface area contributed by atoms with E-state index in [1.54, 1.807) is 18.2 Å². The normalized spacial score (nSPS) is 10.5. The predicted molar refractivity (Wildman–Crippen MR) is 75.9 cm³/mol. The van der Waals surface area contributed by atoms with Gasteiger partial charge in [-0.05, 0) is 47.6 Å². The van der Waals surface area contributed by atoms with Crippen LogP contribution in [-0.2, 0) is 6.54 Å². The number of aryl methyl sites for hydroxylation is 1. The van der Waals surface area contributed by atoms with Gasteiger partial charge in [0.1, 0.15) is 11.6 Å². The number of nitrogens with one attached hydrogen (secondary N) is 1. The highest BCUT2D eigenvalue weighted by Gasteiger charge is 2.05. The van der Waals surface area contributed by atoms with Gasteiger partial charge < -0.3 is 10.1 Å². The molecular formula is C14H14BrFN2O. The van der Waals surface area contributed by atoms with Gasteiger partial charge in [-0.25, -0.2) is 9.37 Å². The van der Waals surface area contributed by atoms with Crippen LogP contribution in [0.3, 0.4) is 0 Å². The van der Waals surface area contributed by atoms with Crippen molar-refractivity contribution in [3.8, 4) is 11.6 Å². The van der Waals surface area contributed by atoms with Crippen LogP contribution in [0.25, 0.3) is 0 Å². The van der Waals surface area contributed by atoms with E-state index < -0.39 is 0 Å². The van der Waals surface area contributed by atoms with E-state index in [4.69, 9.17) is 4.74 Å². The van der Waals surface area contributed by atoms with Crippen molar-refractivity contribution in [3.63, 3.8) is 0 Å². The molecule has 0 spiro atoms. The molecule has 1 heterocycles. The number of pyridine rings is 1. The first-order valence-electron chi connectivity index (χ1n) is 5.84. The Morgan fingerprint density at radius 1 is 1.32 bits per heavy atom. The van der Waals surface area contributed by atoms with Crippen molar-refractivity contribution in [3.05, 3.63) is 51.9 Å². The number of halogens is 2. The molecule has 0 radical (unpaired) electrons. The van der Waals surface area contributed by atoms with Gasteiger partial charge in [0.2, 0.25) is 5.88 Å². The minimum absolute atomic E-state index is 0.360. The summed E-state index contributed by atoms with van der Waals surface area (Å²) in [5.74, 6) is 0.522. The first-order chi connectivity index (χ1) is 9.10. The number of rotatable bonds is 4. The van der Waals surface area contributed by atoms with Crippen LogP contribution in [0.15, 0.2) is 34.8 Å². The minimum atomic E-state index is -0.360. The van der Waals surface area contributed by atoms with Crippen molar-refractivity contribution in [2.75, 3.05) is 7.05 Å². The monoisotopic (exact) mass is 324 g/mol. The molecule has 0 aliphatic carbocycles. The van der Waals surface area contributed by atoms with Crippen LogP contribution in [0, 0.1) is 12.7 Å². The predicted octanol–water partition coefficient (Wildman–Crippen LogP) is 3.80. The Bertz CT molecular complexity index is 590. The highest BCUT2D eigenvalue weighted by Crippen LogP contribution is 2.25. The van der Waals surface area contributed by atoms with Crippen molar-refractivity contribution >= 4 is 15.9 Å². The van der Waals surface area contributed by atoms with E-state index in [0.29, 0.717) is 16.1 Å². The van der Waals surface area contributed by atoms with Crippen molar-refractivity contribution < 1.29 is 9.13 Å². The molecule has 0 unspecified atom stereocenters. The van der Waals surface area contributed by atoms with Crippen molar-refractivity contribution in [2.24, 2.45) is 0 Å². The molecule has 2 rings (SSSR count). The SMILES string of the molecule is CNCc1ccc(Oc2ccc(Br)c(F)c2)nc1C. The average Bonchev–Trinajstić information content (AvgIpc) is 2.37. The van der Waals surface area contributed by atoms with Gasteiger partial charge in [0.05, 0.1) is 4.47 Å². The molecular weight excluding hydrogens is 311 g/mol. The fraction of sp³-hybridized carbons (Fsp3) is 0.214. The third kappa shape index (κ3) is 3.52. The zero-order chi connectivity index (χ0) is 13.8. The maximum Gasteiger partial charge on any atom is 0.219 e. The molecule has 0 atom stereocenters. The lowest BCUT2D eigenvalue weighted by molar-refractivity contribution is 0.456. The molecule has 0 aliphatic rings. The van der Waals surface area contributed by atoms with Crippen LogP contribution in [0.4, 0.5) is 4.39 Å². The van der Waals surface area contributed by atoms with Gasteiger partial charge in [0.15, 0.2) is 0 Å². The Hall–Kier alpha value is -1.46. The van der Waals surface area contributed by atoms with E-state index in [-0.39, 0.29) is 5.82 Å². The molecule has 1 N–H and O–H groups in total. The minimum Gasteiger partial charge on any atom is -0.439 e. The third-order valence-electron chi connectivity index (χ3n) is 2.65. The summed E-state index contributed by atoms with van der Waals surface area (Å²) in [4.78, 5) is 4.34. The quantitative estimate of drug-likeness (QED) is 0.928. The zero-order valence-electron chi connectivity index (χ0n) is 10.7. The lowest BCUT2D eigenvalue weighted by Crippen LogP contribution is -2.07. The van der Waals surface area contributed by atoms with Crippen molar-refractivity contribution in [1.29, 1.82) is 0 Å². The molecule has 0 fully saturated rings. The Labute approximate surface area is 119 Å². The number of ether oxygens (including phenoxy) is 1. The van der Waals surface area contributed by atoms with Gasteiger partial charge >= 0.3 is 0 Å². The molecule has 100 valence electrons. The van der Waals surface area contributed by atoms with Gasteiger partial charge in [-0.3, -0.25) is 0 Å². The average molecular weight is 325 g/mol. The smallest absolute Gasteiger partial charge is 0.219 e. The fourth-order valence-electron chi connectivity index (χ4n) is 1.66. The molecule has 0 amide bonds. The first-order valence-corrected chi connectivity index (χ1v) is 6.63. The number of hydrogen-bond acceptors (Lipinski definition) is 3. The van der Waals surface area contributed by atoms with Gasteiger partial charge in [0, 0.05) is 24.4 Å². The van der Waals surface area contributed by atoms with Crippen molar-refractivity contribution in [1.82, 2.24) is 10.3 Å². The van der Waals surface area contributed by atoms with Crippen LogP contribution in [-0.4, -0.2) is 12.0 Å². The maximum atomic E-state index is 13.4. The Morgan fingerprint density at radius 2 is 2.11 bits per heavy atom. The molecule has 0 saturated carbocycles. The lowest BCUT2D eigenvalue weighted by atomic mass is 10.2. The Morgan fingerprint density at radius 3 is 2.74 bits per heavy atom. The standard InChI is InChI=1S/C14H14BrFN2O/c1-9-10(8-17-2)3-6-14(18-9)19-11-4-5-12(15)13(16)7-11/h3-7,17H,8H2,1-2H3.